The molecule has 122 valence electrons. The lowest BCUT2D eigenvalue weighted by Crippen LogP contribution is -2.50. The SMILES string of the molecule is CC1CCCC(NC(=O)C2CC3CCCC(C2)C3N)C1.Cl. The zero-order valence-corrected chi connectivity index (χ0v) is 14.0. The highest BCUT2D eigenvalue weighted by molar-refractivity contribution is 5.85. The molecule has 0 aliphatic heterocycles. The predicted molar refractivity (Wildman–Crippen MR) is 88.3 cm³/mol. The third kappa shape index (κ3) is 3.92. The molecule has 0 aromatic carbocycles. The van der Waals surface area contributed by atoms with Crippen LogP contribution in [0.1, 0.15) is 64.7 Å². The van der Waals surface area contributed by atoms with Crippen molar-refractivity contribution < 1.29 is 4.79 Å². The molecule has 0 spiro atoms. The van der Waals surface area contributed by atoms with Crippen LogP contribution in [0.15, 0.2) is 0 Å². The molecule has 3 aliphatic rings. The Balaban J connectivity index is 0.00000161. The molecule has 21 heavy (non-hydrogen) atoms. The van der Waals surface area contributed by atoms with Gasteiger partial charge in [0.2, 0.25) is 5.91 Å². The highest BCUT2D eigenvalue weighted by Crippen LogP contribution is 2.42. The largest absolute Gasteiger partial charge is 0.353 e. The summed E-state index contributed by atoms with van der Waals surface area (Å²) in [5.41, 5.74) is 6.32. The van der Waals surface area contributed by atoms with E-state index in [0.717, 1.165) is 18.8 Å². The van der Waals surface area contributed by atoms with E-state index < -0.39 is 0 Å². The minimum absolute atomic E-state index is 0. The number of nitrogens with one attached hydrogen (secondary N) is 1. The maximum absolute atomic E-state index is 12.6. The molecule has 0 aromatic rings. The molecule has 4 atom stereocenters. The Labute approximate surface area is 135 Å². The summed E-state index contributed by atoms with van der Waals surface area (Å²) in [6.07, 6.45) is 10.8. The average molecular weight is 315 g/mol. The second-order valence-corrected chi connectivity index (χ2v) is 7.67. The Morgan fingerprint density at radius 1 is 1.00 bits per heavy atom. The van der Waals surface area contributed by atoms with Crippen LogP contribution in [-0.2, 0) is 4.79 Å². The molecular weight excluding hydrogens is 284 g/mol. The van der Waals surface area contributed by atoms with E-state index in [1.165, 1.54) is 44.9 Å². The van der Waals surface area contributed by atoms with Gasteiger partial charge in [0.25, 0.3) is 0 Å². The number of rotatable bonds is 2. The van der Waals surface area contributed by atoms with E-state index in [1.54, 1.807) is 0 Å². The van der Waals surface area contributed by atoms with Crippen LogP contribution < -0.4 is 11.1 Å². The molecule has 3 nitrogen and oxygen atoms in total. The summed E-state index contributed by atoms with van der Waals surface area (Å²) >= 11 is 0. The smallest absolute Gasteiger partial charge is 0.223 e. The summed E-state index contributed by atoms with van der Waals surface area (Å²) in [5.74, 6) is 2.54. The van der Waals surface area contributed by atoms with Gasteiger partial charge >= 0.3 is 0 Å². The zero-order chi connectivity index (χ0) is 14.1. The molecule has 3 aliphatic carbocycles. The molecule has 0 radical (unpaired) electrons. The van der Waals surface area contributed by atoms with Crippen molar-refractivity contribution in [3.05, 3.63) is 0 Å². The number of nitrogens with two attached hydrogens (primary N) is 1. The first-order valence-electron chi connectivity index (χ1n) is 8.69. The number of fused-ring (bicyclic) bond motifs is 2. The number of amides is 1. The topological polar surface area (TPSA) is 55.1 Å². The molecular formula is C17H31ClN2O. The van der Waals surface area contributed by atoms with E-state index in [2.05, 4.69) is 12.2 Å². The van der Waals surface area contributed by atoms with Gasteiger partial charge < -0.3 is 11.1 Å². The molecule has 2 bridgehead atoms. The molecule has 3 N–H and O–H groups in total. The number of halogens is 1. The van der Waals surface area contributed by atoms with Crippen LogP contribution in [0.2, 0.25) is 0 Å². The lowest BCUT2D eigenvalue weighted by molar-refractivity contribution is -0.129. The van der Waals surface area contributed by atoms with Gasteiger partial charge in [-0.25, -0.2) is 0 Å². The summed E-state index contributed by atoms with van der Waals surface area (Å²) in [4.78, 5) is 12.6. The second kappa shape index (κ2) is 7.32. The number of carbonyl (C=O) groups excluding carboxylic acids is 1. The van der Waals surface area contributed by atoms with Gasteiger partial charge in [-0.3, -0.25) is 4.79 Å². The van der Waals surface area contributed by atoms with Crippen LogP contribution in [0.4, 0.5) is 0 Å². The van der Waals surface area contributed by atoms with Crippen LogP contribution in [0, 0.1) is 23.7 Å². The first-order chi connectivity index (χ1) is 9.63. The molecule has 0 heterocycles. The van der Waals surface area contributed by atoms with Crippen LogP contribution in [0.25, 0.3) is 0 Å². The summed E-state index contributed by atoms with van der Waals surface area (Å²) < 4.78 is 0. The minimum Gasteiger partial charge on any atom is -0.353 e. The fourth-order valence-electron chi connectivity index (χ4n) is 4.89. The van der Waals surface area contributed by atoms with Gasteiger partial charge in [0, 0.05) is 18.0 Å². The second-order valence-electron chi connectivity index (χ2n) is 7.67. The molecule has 4 heteroatoms. The van der Waals surface area contributed by atoms with E-state index in [0.29, 0.717) is 29.8 Å². The van der Waals surface area contributed by atoms with Crippen molar-refractivity contribution >= 4 is 18.3 Å². The van der Waals surface area contributed by atoms with Crippen molar-refractivity contribution in [2.75, 3.05) is 0 Å². The van der Waals surface area contributed by atoms with Gasteiger partial charge in [-0.1, -0.05) is 26.2 Å². The van der Waals surface area contributed by atoms with Gasteiger partial charge in [-0.15, -0.1) is 12.4 Å². The highest BCUT2D eigenvalue weighted by atomic mass is 35.5. The monoisotopic (exact) mass is 314 g/mol. The average Bonchev–Trinajstić information content (AvgIpc) is 2.38. The maximum atomic E-state index is 12.6. The van der Waals surface area contributed by atoms with Crippen molar-refractivity contribution in [3.63, 3.8) is 0 Å². The van der Waals surface area contributed by atoms with E-state index in [1.807, 2.05) is 0 Å². The van der Waals surface area contributed by atoms with E-state index in [-0.39, 0.29) is 18.3 Å². The standard InChI is InChI=1S/C17H30N2O.ClH/c1-11-4-2-7-15(8-11)19-17(20)14-9-12-5-3-6-13(10-14)16(12)18;/h11-16H,2-10,18H2,1H3,(H,19,20);1H. The summed E-state index contributed by atoms with van der Waals surface area (Å²) in [6, 6.07) is 0.796. The third-order valence-electron chi connectivity index (χ3n) is 6.07. The van der Waals surface area contributed by atoms with Gasteiger partial charge in [0.05, 0.1) is 0 Å². The third-order valence-corrected chi connectivity index (χ3v) is 6.07. The Bertz CT molecular complexity index is 349. The number of hydrogen-bond acceptors (Lipinski definition) is 2. The molecule has 3 saturated carbocycles. The summed E-state index contributed by atoms with van der Waals surface area (Å²) in [7, 11) is 0. The summed E-state index contributed by atoms with van der Waals surface area (Å²) in [5, 5.41) is 3.34. The highest BCUT2D eigenvalue weighted by Gasteiger charge is 2.40. The lowest BCUT2D eigenvalue weighted by atomic mass is 9.65. The first kappa shape index (κ1) is 17.1. The fraction of sp³-hybridized carbons (Fsp3) is 0.941. The molecule has 1 amide bonds. The molecule has 0 aromatic heterocycles. The van der Waals surface area contributed by atoms with E-state index in [4.69, 9.17) is 5.73 Å². The van der Waals surface area contributed by atoms with Crippen molar-refractivity contribution in [1.82, 2.24) is 5.32 Å². The summed E-state index contributed by atoms with van der Waals surface area (Å²) in [6.45, 7) is 2.31. The zero-order valence-electron chi connectivity index (χ0n) is 13.2. The number of hydrogen-bond donors (Lipinski definition) is 2. The minimum atomic E-state index is 0. The van der Waals surface area contributed by atoms with Crippen LogP contribution in [0.5, 0.6) is 0 Å². The van der Waals surface area contributed by atoms with Gasteiger partial charge in [0.1, 0.15) is 0 Å². The number of carbonyl (C=O) groups is 1. The normalized spacial score (nSPS) is 42.8. The van der Waals surface area contributed by atoms with Gasteiger partial charge in [-0.2, -0.15) is 0 Å². The lowest BCUT2D eigenvalue weighted by Gasteiger charge is -2.44. The molecule has 3 rings (SSSR count). The molecule has 0 saturated heterocycles. The first-order valence-corrected chi connectivity index (χ1v) is 8.69. The van der Waals surface area contributed by atoms with E-state index in [9.17, 15) is 4.79 Å². The van der Waals surface area contributed by atoms with Crippen LogP contribution in [0.3, 0.4) is 0 Å². The molecule has 3 fully saturated rings. The molecule has 4 unspecified atom stereocenters. The Kier molecular flexibility index (Phi) is 5.96. The predicted octanol–water partition coefficient (Wildman–Crippen LogP) is 3.26. The van der Waals surface area contributed by atoms with Crippen molar-refractivity contribution in [3.8, 4) is 0 Å². The van der Waals surface area contributed by atoms with Crippen molar-refractivity contribution in [1.29, 1.82) is 0 Å². The van der Waals surface area contributed by atoms with Crippen LogP contribution in [-0.4, -0.2) is 18.0 Å². The van der Waals surface area contributed by atoms with Gasteiger partial charge in [-0.05, 0) is 56.3 Å². The van der Waals surface area contributed by atoms with Crippen molar-refractivity contribution in [2.24, 2.45) is 29.4 Å². The quantitative estimate of drug-likeness (QED) is 0.822. The van der Waals surface area contributed by atoms with Crippen molar-refractivity contribution in [2.45, 2.75) is 76.8 Å². The van der Waals surface area contributed by atoms with E-state index >= 15 is 0 Å². The Morgan fingerprint density at radius 2 is 1.62 bits per heavy atom. The van der Waals surface area contributed by atoms with Crippen LogP contribution >= 0.6 is 12.4 Å². The van der Waals surface area contributed by atoms with Gasteiger partial charge in [0.15, 0.2) is 0 Å². The maximum Gasteiger partial charge on any atom is 0.223 e. The Hall–Kier alpha value is -0.280. The fourth-order valence-corrected chi connectivity index (χ4v) is 4.89. The Morgan fingerprint density at radius 3 is 2.24 bits per heavy atom.